The maximum atomic E-state index is 12.6. The zero-order chi connectivity index (χ0) is 16.0. The second-order valence-electron chi connectivity index (χ2n) is 6.28. The molecule has 23 heavy (non-hydrogen) atoms. The first-order chi connectivity index (χ1) is 11.2. The van der Waals surface area contributed by atoms with Gasteiger partial charge in [-0.25, -0.2) is 0 Å². The Morgan fingerprint density at radius 1 is 0.870 bits per heavy atom. The summed E-state index contributed by atoms with van der Waals surface area (Å²) in [5, 5.41) is 0.592. The molecule has 2 aliphatic carbocycles. The van der Waals surface area contributed by atoms with Crippen molar-refractivity contribution in [2.45, 2.75) is 44.4 Å². The van der Waals surface area contributed by atoms with Gasteiger partial charge in [-0.3, -0.25) is 9.59 Å². The summed E-state index contributed by atoms with van der Waals surface area (Å²) in [5.74, 6) is 1.31. The van der Waals surface area contributed by atoms with Gasteiger partial charge >= 0.3 is 0 Å². The van der Waals surface area contributed by atoms with Gasteiger partial charge in [0.05, 0.1) is 0 Å². The molecule has 0 spiro atoms. The van der Waals surface area contributed by atoms with Crippen molar-refractivity contribution in [1.29, 1.82) is 0 Å². The summed E-state index contributed by atoms with van der Waals surface area (Å²) in [6.07, 6.45) is 4.16. The van der Waals surface area contributed by atoms with E-state index in [1.54, 1.807) is 0 Å². The van der Waals surface area contributed by atoms with Gasteiger partial charge in [0, 0.05) is 47.8 Å². The van der Waals surface area contributed by atoms with Gasteiger partial charge in [0.1, 0.15) is 11.5 Å². The maximum absolute atomic E-state index is 12.6. The van der Waals surface area contributed by atoms with E-state index in [2.05, 4.69) is 0 Å². The first-order valence-electron chi connectivity index (χ1n) is 8.11. The van der Waals surface area contributed by atoms with Crippen molar-refractivity contribution in [3.05, 3.63) is 57.5 Å². The van der Waals surface area contributed by atoms with E-state index in [1.165, 1.54) is 0 Å². The standard InChI is InChI=1S/C19H17ClO3/c20-12-6-2-1-5-11(12)17-18-13(21)7-3-9-15(18)23-16-10-4-8-14(22)19(16)17/h1-2,5-6,17H,3-4,7-10H2. The van der Waals surface area contributed by atoms with Crippen LogP contribution in [0.2, 0.25) is 5.02 Å². The van der Waals surface area contributed by atoms with Crippen molar-refractivity contribution in [3.63, 3.8) is 0 Å². The number of ether oxygens (including phenoxy) is 1. The molecule has 1 heterocycles. The molecule has 0 N–H and O–H groups in total. The van der Waals surface area contributed by atoms with Crippen molar-refractivity contribution >= 4 is 23.2 Å². The van der Waals surface area contributed by atoms with Crippen molar-refractivity contribution in [2.24, 2.45) is 0 Å². The maximum Gasteiger partial charge on any atom is 0.163 e. The molecule has 1 aromatic rings. The quantitative estimate of drug-likeness (QED) is 0.764. The van der Waals surface area contributed by atoms with E-state index in [-0.39, 0.29) is 17.5 Å². The summed E-state index contributed by atoms with van der Waals surface area (Å²) < 4.78 is 6.00. The molecule has 0 saturated carbocycles. The Kier molecular flexibility index (Phi) is 3.61. The van der Waals surface area contributed by atoms with Crippen LogP contribution in [-0.2, 0) is 14.3 Å². The molecular weight excluding hydrogens is 312 g/mol. The predicted octanol–water partition coefficient (Wildman–Crippen LogP) is 4.47. The van der Waals surface area contributed by atoms with E-state index in [4.69, 9.17) is 16.3 Å². The van der Waals surface area contributed by atoms with Crippen LogP contribution >= 0.6 is 11.6 Å². The third-order valence-electron chi connectivity index (χ3n) is 4.86. The minimum atomic E-state index is -0.358. The second-order valence-corrected chi connectivity index (χ2v) is 6.69. The second kappa shape index (κ2) is 5.64. The highest BCUT2D eigenvalue weighted by Crippen LogP contribution is 2.48. The minimum Gasteiger partial charge on any atom is -0.465 e. The van der Waals surface area contributed by atoms with Gasteiger partial charge in [0.25, 0.3) is 0 Å². The molecule has 1 aliphatic heterocycles. The molecule has 0 aromatic heterocycles. The van der Waals surface area contributed by atoms with Gasteiger partial charge < -0.3 is 4.74 Å². The fourth-order valence-corrected chi connectivity index (χ4v) is 4.08. The molecule has 0 fully saturated rings. The Morgan fingerprint density at radius 2 is 1.43 bits per heavy atom. The Bertz CT molecular complexity index is 731. The van der Waals surface area contributed by atoms with E-state index >= 15 is 0 Å². The monoisotopic (exact) mass is 328 g/mol. The van der Waals surface area contributed by atoms with E-state index in [9.17, 15) is 9.59 Å². The van der Waals surface area contributed by atoms with Crippen molar-refractivity contribution in [1.82, 2.24) is 0 Å². The molecule has 0 atom stereocenters. The molecule has 0 amide bonds. The SMILES string of the molecule is O=C1CCCC2=C1C(c1ccccc1Cl)C1=C(CCCC1=O)O2. The normalized spacial score (nSPS) is 22.0. The van der Waals surface area contributed by atoms with E-state index < -0.39 is 0 Å². The third-order valence-corrected chi connectivity index (χ3v) is 5.20. The fourth-order valence-electron chi connectivity index (χ4n) is 3.84. The first-order valence-corrected chi connectivity index (χ1v) is 8.49. The lowest BCUT2D eigenvalue weighted by atomic mass is 9.73. The molecule has 1 aromatic carbocycles. The summed E-state index contributed by atoms with van der Waals surface area (Å²) in [6, 6.07) is 7.49. The van der Waals surface area contributed by atoms with Crippen LogP contribution < -0.4 is 0 Å². The van der Waals surface area contributed by atoms with Crippen LogP contribution in [0.1, 0.15) is 50.0 Å². The summed E-state index contributed by atoms with van der Waals surface area (Å²) in [4.78, 5) is 25.2. The largest absolute Gasteiger partial charge is 0.465 e. The molecule has 0 radical (unpaired) electrons. The number of hydrogen-bond acceptors (Lipinski definition) is 3. The predicted molar refractivity (Wildman–Crippen MR) is 87.0 cm³/mol. The Balaban J connectivity index is 1.94. The Hall–Kier alpha value is -1.87. The first kappa shape index (κ1) is 14.7. The molecule has 0 bridgehead atoms. The average Bonchev–Trinajstić information content (AvgIpc) is 2.54. The van der Waals surface area contributed by atoms with Crippen molar-refractivity contribution < 1.29 is 14.3 Å². The van der Waals surface area contributed by atoms with Crippen LogP contribution in [0.25, 0.3) is 0 Å². The van der Waals surface area contributed by atoms with Crippen LogP contribution in [0.15, 0.2) is 46.9 Å². The van der Waals surface area contributed by atoms with Gasteiger partial charge in [-0.15, -0.1) is 0 Å². The summed E-state index contributed by atoms with van der Waals surface area (Å²) in [6.45, 7) is 0. The topological polar surface area (TPSA) is 43.4 Å². The van der Waals surface area contributed by atoms with Gasteiger partial charge in [0.15, 0.2) is 11.6 Å². The molecule has 0 unspecified atom stereocenters. The molecule has 3 aliphatic rings. The average molecular weight is 329 g/mol. The lowest BCUT2D eigenvalue weighted by molar-refractivity contribution is -0.117. The van der Waals surface area contributed by atoms with E-state index in [1.807, 2.05) is 24.3 Å². The number of halogens is 1. The molecule has 0 saturated heterocycles. The van der Waals surface area contributed by atoms with Crippen LogP contribution in [0.5, 0.6) is 0 Å². The number of ketones is 2. The number of allylic oxidation sites excluding steroid dienone is 4. The van der Waals surface area contributed by atoms with E-state index in [0.717, 1.165) is 42.8 Å². The highest BCUT2D eigenvalue weighted by Gasteiger charge is 2.42. The van der Waals surface area contributed by atoms with Crippen LogP contribution in [0.3, 0.4) is 0 Å². The number of carbonyl (C=O) groups excluding carboxylic acids is 2. The van der Waals surface area contributed by atoms with Crippen LogP contribution in [0, 0.1) is 0 Å². The van der Waals surface area contributed by atoms with Crippen molar-refractivity contribution in [3.8, 4) is 0 Å². The zero-order valence-electron chi connectivity index (χ0n) is 12.7. The third kappa shape index (κ3) is 2.34. The highest BCUT2D eigenvalue weighted by atomic mass is 35.5. The number of hydrogen-bond donors (Lipinski definition) is 0. The summed E-state index contributed by atoms with van der Waals surface area (Å²) >= 11 is 6.41. The van der Waals surface area contributed by atoms with Crippen LogP contribution in [0.4, 0.5) is 0 Å². The molecule has 3 nitrogen and oxygen atoms in total. The summed E-state index contributed by atoms with van der Waals surface area (Å²) in [5.41, 5.74) is 2.14. The fraction of sp³-hybridized carbons (Fsp3) is 0.368. The molecular formula is C19H17ClO3. The Morgan fingerprint density at radius 3 is 2.00 bits per heavy atom. The highest BCUT2D eigenvalue weighted by molar-refractivity contribution is 6.31. The van der Waals surface area contributed by atoms with Crippen molar-refractivity contribution in [2.75, 3.05) is 0 Å². The smallest absolute Gasteiger partial charge is 0.163 e. The lowest BCUT2D eigenvalue weighted by Gasteiger charge is -2.36. The number of rotatable bonds is 1. The van der Waals surface area contributed by atoms with E-state index in [0.29, 0.717) is 29.0 Å². The Labute approximate surface area is 140 Å². The van der Waals surface area contributed by atoms with Crippen LogP contribution in [-0.4, -0.2) is 11.6 Å². The zero-order valence-corrected chi connectivity index (χ0v) is 13.5. The molecule has 4 rings (SSSR count). The molecule has 4 heteroatoms. The number of benzene rings is 1. The van der Waals surface area contributed by atoms with Gasteiger partial charge in [0.2, 0.25) is 0 Å². The van der Waals surface area contributed by atoms with Gasteiger partial charge in [-0.1, -0.05) is 29.8 Å². The summed E-state index contributed by atoms with van der Waals surface area (Å²) in [7, 11) is 0. The minimum absolute atomic E-state index is 0.0843. The van der Waals surface area contributed by atoms with Gasteiger partial charge in [-0.05, 0) is 24.5 Å². The number of carbonyl (C=O) groups is 2. The number of Topliss-reactive ketones (excluding diaryl/α,β-unsaturated/α-hetero) is 2. The molecule has 118 valence electrons. The lowest BCUT2D eigenvalue weighted by Crippen LogP contribution is -2.30. The van der Waals surface area contributed by atoms with Gasteiger partial charge in [-0.2, -0.15) is 0 Å².